The molecular weight excluding hydrogens is 435 g/mol. The van der Waals surface area contributed by atoms with E-state index in [0.29, 0.717) is 0 Å². The van der Waals surface area contributed by atoms with E-state index in [1.54, 1.807) is 12.1 Å². The van der Waals surface area contributed by atoms with E-state index in [2.05, 4.69) is 11.7 Å². The number of alkyl halides is 5. The molecule has 0 unspecified atom stereocenters. The molecule has 1 aromatic rings. The highest BCUT2D eigenvalue weighted by molar-refractivity contribution is 5.27. The van der Waals surface area contributed by atoms with Gasteiger partial charge >= 0.3 is 12.1 Å². The number of rotatable bonds is 10. The maximum absolute atomic E-state index is 13.0. The van der Waals surface area contributed by atoms with E-state index in [-0.39, 0.29) is 5.75 Å². The summed E-state index contributed by atoms with van der Waals surface area (Å²) in [5.74, 6) is -1.29. The van der Waals surface area contributed by atoms with Crippen molar-refractivity contribution in [3.05, 3.63) is 29.8 Å². The zero-order valence-corrected chi connectivity index (χ0v) is 19.8. The van der Waals surface area contributed by atoms with Crippen molar-refractivity contribution in [3.63, 3.8) is 0 Å². The molecule has 0 saturated heterocycles. The number of ether oxygens (including phenoxy) is 1. The second-order valence-electron chi connectivity index (χ2n) is 10.4. The van der Waals surface area contributed by atoms with Gasteiger partial charge in [0.15, 0.2) is 6.61 Å². The maximum atomic E-state index is 13.0. The molecule has 0 N–H and O–H groups in total. The van der Waals surface area contributed by atoms with Crippen LogP contribution in [0.15, 0.2) is 24.3 Å². The molecule has 0 aliphatic heterocycles. The van der Waals surface area contributed by atoms with Crippen molar-refractivity contribution in [1.29, 1.82) is 0 Å². The zero-order chi connectivity index (χ0) is 23.9. The Hall–Kier alpha value is -1.33. The zero-order valence-electron chi connectivity index (χ0n) is 19.8. The molecule has 2 aliphatic carbocycles. The van der Waals surface area contributed by atoms with Gasteiger partial charge in [-0.3, -0.25) is 0 Å². The summed E-state index contributed by atoms with van der Waals surface area (Å²) < 4.78 is 67.3. The summed E-state index contributed by atoms with van der Waals surface area (Å²) in [6.07, 6.45) is 11.5. The fraction of sp³-hybridized carbons (Fsp3) is 0.778. The van der Waals surface area contributed by atoms with Gasteiger partial charge in [-0.1, -0.05) is 64.0 Å². The second-order valence-corrected chi connectivity index (χ2v) is 10.4. The number of aryl methyl sites for hydroxylation is 1. The van der Waals surface area contributed by atoms with Crippen molar-refractivity contribution in [2.45, 2.75) is 102 Å². The highest BCUT2D eigenvalue weighted by Gasteiger charge is 2.58. The highest BCUT2D eigenvalue weighted by atomic mass is 19.4. The van der Waals surface area contributed by atoms with Gasteiger partial charge in [-0.2, -0.15) is 22.0 Å². The minimum absolute atomic E-state index is 0.0348. The average Bonchev–Trinajstić information content (AvgIpc) is 2.81. The molecule has 2 saturated carbocycles. The first-order valence-electron chi connectivity index (χ1n) is 12.8. The molecule has 0 aromatic heterocycles. The number of halogens is 5. The van der Waals surface area contributed by atoms with Gasteiger partial charge in [0.25, 0.3) is 0 Å². The van der Waals surface area contributed by atoms with Crippen molar-refractivity contribution in [3.8, 4) is 5.75 Å². The molecule has 0 amide bonds. The number of hydrogen-bond donors (Lipinski definition) is 0. The lowest BCUT2D eigenvalue weighted by Crippen LogP contribution is -2.41. The molecule has 1 nitrogen and oxygen atoms in total. The van der Waals surface area contributed by atoms with Gasteiger partial charge in [-0.05, 0) is 79.9 Å². The Morgan fingerprint density at radius 2 is 1.27 bits per heavy atom. The van der Waals surface area contributed by atoms with Gasteiger partial charge in [0.05, 0.1) is 0 Å². The average molecular weight is 475 g/mol. The molecule has 0 spiro atoms. The second kappa shape index (κ2) is 11.9. The smallest absolute Gasteiger partial charge is 0.456 e. The van der Waals surface area contributed by atoms with E-state index in [0.717, 1.165) is 42.1 Å². The Morgan fingerprint density at radius 3 is 1.76 bits per heavy atom. The topological polar surface area (TPSA) is 9.23 Å². The first-order chi connectivity index (χ1) is 15.7. The van der Waals surface area contributed by atoms with E-state index in [1.165, 1.54) is 82.8 Å². The Kier molecular flexibility index (Phi) is 9.46. The fourth-order valence-electron chi connectivity index (χ4n) is 5.77. The third kappa shape index (κ3) is 7.85. The van der Waals surface area contributed by atoms with E-state index in [9.17, 15) is 22.0 Å². The van der Waals surface area contributed by atoms with Crippen LogP contribution in [0.2, 0.25) is 0 Å². The van der Waals surface area contributed by atoms with Crippen LogP contribution in [-0.2, 0) is 6.42 Å². The van der Waals surface area contributed by atoms with Gasteiger partial charge in [0.2, 0.25) is 0 Å². The first kappa shape index (κ1) is 26.3. The third-order valence-corrected chi connectivity index (χ3v) is 8.01. The van der Waals surface area contributed by atoms with Crippen LogP contribution in [0.4, 0.5) is 22.0 Å². The predicted octanol–water partition coefficient (Wildman–Crippen LogP) is 9.00. The molecule has 0 bridgehead atoms. The standard InChI is InChI=1S/C27H39F5O/c1-2-3-4-20-7-13-23(14-8-20)24-15-9-21(10-16-24)5-6-22-11-17-25(18-12-22)33-19-26(28,29)27(30,31)32/h11-12,17-18,20-21,23-24H,2-10,13-16,19H2,1H3. The molecule has 2 fully saturated rings. The van der Waals surface area contributed by atoms with Crippen molar-refractivity contribution < 1.29 is 26.7 Å². The molecule has 0 atom stereocenters. The fourth-order valence-corrected chi connectivity index (χ4v) is 5.77. The van der Waals surface area contributed by atoms with Gasteiger partial charge in [0, 0.05) is 0 Å². The van der Waals surface area contributed by atoms with Crippen molar-refractivity contribution in [2.75, 3.05) is 6.61 Å². The molecule has 2 aliphatic rings. The Morgan fingerprint density at radius 1 is 0.758 bits per heavy atom. The van der Waals surface area contributed by atoms with Crippen LogP contribution >= 0.6 is 0 Å². The molecule has 6 heteroatoms. The quantitative estimate of drug-likeness (QED) is 0.307. The van der Waals surface area contributed by atoms with Crippen LogP contribution < -0.4 is 4.74 Å². The third-order valence-electron chi connectivity index (χ3n) is 8.01. The molecular formula is C27H39F5O. The summed E-state index contributed by atoms with van der Waals surface area (Å²) >= 11 is 0. The predicted molar refractivity (Wildman–Crippen MR) is 122 cm³/mol. The van der Waals surface area contributed by atoms with Crippen molar-refractivity contribution >= 4 is 0 Å². The summed E-state index contributed by atoms with van der Waals surface area (Å²) in [6.45, 7) is 0.583. The van der Waals surface area contributed by atoms with Crippen LogP contribution in [0, 0.1) is 23.7 Å². The molecule has 188 valence electrons. The van der Waals surface area contributed by atoms with Gasteiger partial charge in [-0.25, -0.2) is 0 Å². The molecule has 3 rings (SSSR count). The van der Waals surface area contributed by atoms with E-state index < -0.39 is 18.7 Å². The van der Waals surface area contributed by atoms with E-state index in [4.69, 9.17) is 0 Å². The lowest BCUT2D eigenvalue weighted by molar-refractivity contribution is -0.290. The summed E-state index contributed by atoms with van der Waals surface area (Å²) in [4.78, 5) is 0. The molecule has 0 radical (unpaired) electrons. The lowest BCUT2D eigenvalue weighted by Gasteiger charge is -2.38. The maximum Gasteiger partial charge on any atom is 0.456 e. The SMILES string of the molecule is CCCCC1CCC(C2CCC(CCc3ccc(OCC(F)(F)C(F)(F)F)cc3)CC2)CC1. The van der Waals surface area contributed by atoms with Crippen molar-refractivity contribution in [2.24, 2.45) is 23.7 Å². The minimum atomic E-state index is -5.60. The lowest BCUT2D eigenvalue weighted by atomic mass is 9.68. The summed E-state index contributed by atoms with van der Waals surface area (Å²) in [5, 5.41) is 0. The number of benzene rings is 1. The summed E-state index contributed by atoms with van der Waals surface area (Å²) in [7, 11) is 0. The Balaban J connectivity index is 1.34. The monoisotopic (exact) mass is 474 g/mol. The highest BCUT2D eigenvalue weighted by Crippen LogP contribution is 2.43. The Labute approximate surface area is 195 Å². The van der Waals surface area contributed by atoms with Crippen LogP contribution in [-0.4, -0.2) is 18.7 Å². The largest absolute Gasteiger partial charge is 0.487 e. The minimum Gasteiger partial charge on any atom is -0.487 e. The molecule has 0 heterocycles. The van der Waals surface area contributed by atoms with E-state index >= 15 is 0 Å². The van der Waals surface area contributed by atoms with Crippen molar-refractivity contribution in [1.82, 2.24) is 0 Å². The van der Waals surface area contributed by atoms with Gasteiger partial charge in [0.1, 0.15) is 5.75 Å². The van der Waals surface area contributed by atoms with Gasteiger partial charge in [-0.15, -0.1) is 0 Å². The van der Waals surface area contributed by atoms with Crippen LogP contribution in [0.25, 0.3) is 0 Å². The molecule has 1 aromatic carbocycles. The van der Waals surface area contributed by atoms with Crippen LogP contribution in [0.1, 0.15) is 89.5 Å². The Bertz CT molecular complexity index is 683. The van der Waals surface area contributed by atoms with E-state index in [1.807, 2.05) is 0 Å². The summed E-state index contributed by atoms with van der Waals surface area (Å²) in [6, 6.07) is 6.50. The normalized spacial score (nSPS) is 26.8. The molecule has 33 heavy (non-hydrogen) atoms. The number of unbranched alkanes of at least 4 members (excludes halogenated alkanes) is 1. The van der Waals surface area contributed by atoms with Gasteiger partial charge < -0.3 is 4.74 Å². The first-order valence-corrected chi connectivity index (χ1v) is 12.8. The van der Waals surface area contributed by atoms with Crippen LogP contribution in [0.5, 0.6) is 5.75 Å². The van der Waals surface area contributed by atoms with Crippen LogP contribution in [0.3, 0.4) is 0 Å². The summed E-state index contributed by atoms with van der Waals surface area (Å²) in [5.41, 5.74) is 1.07. The number of hydrogen-bond acceptors (Lipinski definition) is 1.